The number of ketones is 1. The SMILES string of the molecule is CCOC(=O)c1c(C)oc(NC(=O)c2ccccc2C(=O)c2ccccc2)c1C(N)=O. The van der Waals surface area contributed by atoms with E-state index in [1.165, 1.54) is 19.1 Å². The number of carbonyl (C=O) groups is 4. The lowest BCUT2D eigenvalue weighted by atomic mass is 9.98. The number of anilines is 1. The highest BCUT2D eigenvalue weighted by Gasteiger charge is 2.30. The van der Waals surface area contributed by atoms with Gasteiger partial charge >= 0.3 is 5.97 Å². The van der Waals surface area contributed by atoms with Crippen LogP contribution in [0.4, 0.5) is 5.88 Å². The van der Waals surface area contributed by atoms with Crippen molar-refractivity contribution in [3.05, 3.63) is 88.2 Å². The molecule has 0 aliphatic heterocycles. The number of amides is 2. The maximum Gasteiger partial charge on any atom is 0.342 e. The summed E-state index contributed by atoms with van der Waals surface area (Å²) in [5, 5.41) is 2.45. The number of furan rings is 1. The third-order valence-electron chi connectivity index (χ3n) is 4.49. The van der Waals surface area contributed by atoms with Crippen molar-refractivity contribution in [2.24, 2.45) is 5.73 Å². The Kier molecular flexibility index (Phi) is 6.30. The second kappa shape index (κ2) is 9.08. The molecule has 3 rings (SSSR count). The number of nitrogens with two attached hydrogens (primary N) is 1. The van der Waals surface area contributed by atoms with Gasteiger partial charge in [0.15, 0.2) is 5.78 Å². The van der Waals surface area contributed by atoms with Gasteiger partial charge in [0.05, 0.1) is 12.2 Å². The molecule has 3 aromatic rings. The molecule has 2 amide bonds. The van der Waals surface area contributed by atoms with Crippen LogP contribution in [0.1, 0.15) is 59.7 Å². The van der Waals surface area contributed by atoms with E-state index in [0.29, 0.717) is 5.56 Å². The molecule has 0 bridgehead atoms. The van der Waals surface area contributed by atoms with Gasteiger partial charge in [0.25, 0.3) is 11.8 Å². The lowest BCUT2D eigenvalue weighted by Gasteiger charge is -2.09. The van der Waals surface area contributed by atoms with Crippen molar-refractivity contribution in [1.29, 1.82) is 0 Å². The first-order valence-corrected chi connectivity index (χ1v) is 9.45. The standard InChI is InChI=1S/C23H20N2O6/c1-3-30-23(29)17-13(2)31-22(18(17)20(24)27)25-21(28)16-12-8-7-11-15(16)19(26)14-9-5-4-6-10-14/h4-12H,3H2,1-2H3,(H2,24,27)(H,25,28). The molecule has 0 spiro atoms. The number of benzene rings is 2. The molecule has 0 saturated carbocycles. The third kappa shape index (κ3) is 4.37. The predicted octanol–water partition coefficient (Wildman–Crippen LogP) is 3.35. The van der Waals surface area contributed by atoms with Gasteiger partial charge in [0, 0.05) is 11.1 Å². The highest BCUT2D eigenvalue weighted by atomic mass is 16.5. The maximum atomic E-state index is 13.0. The highest BCUT2D eigenvalue weighted by molar-refractivity contribution is 6.19. The van der Waals surface area contributed by atoms with Crippen molar-refractivity contribution < 1.29 is 28.3 Å². The molecule has 1 heterocycles. The minimum absolute atomic E-state index is 0.0659. The number of hydrogen-bond donors (Lipinski definition) is 2. The topological polar surface area (TPSA) is 129 Å². The number of esters is 1. The Balaban J connectivity index is 1.98. The van der Waals surface area contributed by atoms with Crippen LogP contribution in [-0.4, -0.2) is 30.2 Å². The number of aryl methyl sites for hydroxylation is 1. The van der Waals surface area contributed by atoms with Crippen molar-refractivity contribution in [3.8, 4) is 0 Å². The van der Waals surface area contributed by atoms with Gasteiger partial charge in [0.2, 0.25) is 5.88 Å². The first kappa shape index (κ1) is 21.5. The van der Waals surface area contributed by atoms with Gasteiger partial charge in [-0.2, -0.15) is 0 Å². The van der Waals surface area contributed by atoms with Crippen molar-refractivity contribution in [2.45, 2.75) is 13.8 Å². The molecule has 8 heteroatoms. The summed E-state index contributed by atoms with van der Waals surface area (Å²) in [5.41, 5.74) is 5.62. The minimum Gasteiger partial charge on any atom is -0.462 e. The Morgan fingerprint density at radius 3 is 2.16 bits per heavy atom. The van der Waals surface area contributed by atoms with Gasteiger partial charge in [-0.25, -0.2) is 4.79 Å². The fourth-order valence-corrected chi connectivity index (χ4v) is 3.11. The molecule has 3 N–H and O–H groups in total. The van der Waals surface area contributed by atoms with Crippen molar-refractivity contribution in [3.63, 3.8) is 0 Å². The van der Waals surface area contributed by atoms with E-state index in [1.54, 1.807) is 49.4 Å². The largest absolute Gasteiger partial charge is 0.462 e. The molecule has 0 fully saturated rings. The predicted molar refractivity (Wildman–Crippen MR) is 112 cm³/mol. The Morgan fingerprint density at radius 1 is 0.935 bits per heavy atom. The zero-order valence-corrected chi connectivity index (χ0v) is 16.9. The normalized spacial score (nSPS) is 10.4. The van der Waals surface area contributed by atoms with Crippen LogP contribution in [-0.2, 0) is 4.74 Å². The van der Waals surface area contributed by atoms with E-state index >= 15 is 0 Å². The second-order valence-electron chi connectivity index (χ2n) is 6.52. The van der Waals surface area contributed by atoms with Gasteiger partial charge in [0.1, 0.15) is 16.9 Å². The summed E-state index contributed by atoms with van der Waals surface area (Å²) in [6.45, 7) is 3.14. The molecule has 31 heavy (non-hydrogen) atoms. The van der Waals surface area contributed by atoms with Crippen LogP contribution >= 0.6 is 0 Å². The molecule has 8 nitrogen and oxygen atoms in total. The van der Waals surface area contributed by atoms with E-state index in [0.717, 1.165) is 0 Å². The van der Waals surface area contributed by atoms with Gasteiger partial charge in [-0.05, 0) is 19.9 Å². The van der Waals surface area contributed by atoms with Crippen LogP contribution in [0.2, 0.25) is 0 Å². The number of ether oxygens (including phenoxy) is 1. The van der Waals surface area contributed by atoms with Gasteiger partial charge in [-0.3, -0.25) is 19.7 Å². The van der Waals surface area contributed by atoms with Gasteiger partial charge in [-0.1, -0.05) is 48.5 Å². The van der Waals surface area contributed by atoms with E-state index in [1.807, 2.05) is 0 Å². The Hall–Kier alpha value is -4.20. The summed E-state index contributed by atoms with van der Waals surface area (Å²) in [7, 11) is 0. The highest BCUT2D eigenvalue weighted by Crippen LogP contribution is 2.28. The van der Waals surface area contributed by atoms with E-state index in [4.69, 9.17) is 14.9 Å². The second-order valence-corrected chi connectivity index (χ2v) is 6.52. The Bertz CT molecular complexity index is 1160. The Labute approximate surface area is 178 Å². The minimum atomic E-state index is -0.969. The van der Waals surface area contributed by atoms with Crippen LogP contribution < -0.4 is 11.1 Å². The number of rotatable bonds is 7. The summed E-state index contributed by atoms with van der Waals surface area (Å²) in [4.78, 5) is 50.1. The quantitative estimate of drug-likeness (QED) is 0.445. The molecular formula is C23H20N2O6. The van der Waals surface area contributed by atoms with Crippen molar-refractivity contribution >= 4 is 29.5 Å². The van der Waals surface area contributed by atoms with Crippen LogP contribution in [0.5, 0.6) is 0 Å². The zero-order valence-electron chi connectivity index (χ0n) is 16.9. The fraction of sp³-hybridized carbons (Fsp3) is 0.130. The summed E-state index contributed by atoms with van der Waals surface area (Å²) in [6.07, 6.45) is 0. The number of nitrogens with one attached hydrogen (secondary N) is 1. The summed E-state index contributed by atoms with van der Waals surface area (Å²) < 4.78 is 10.4. The smallest absolute Gasteiger partial charge is 0.342 e. The van der Waals surface area contributed by atoms with Crippen LogP contribution in [0.25, 0.3) is 0 Å². The van der Waals surface area contributed by atoms with Gasteiger partial charge < -0.3 is 14.9 Å². The van der Waals surface area contributed by atoms with Crippen LogP contribution in [0.3, 0.4) is 0 Å². The average Bonchev–Trinajstić information content (AvgIpc) is 3.09. The molecule has 1 aromatic heterocycles. The molecule has 0 radical (unpaired) electrons. The fourth-order valence-electron chi connectivity index (χ4n) is 3.11. The molecular weight excluding hydrogens is 400 g/mol. The summed E-state index contributed by atoms with van der Waals surface area (Å²) in [5.74, 6) is -3.03. The molecule has 0 aliphatic rings. The molecule has 2 aromatic carbocycles. The van der Waals surface area contributed by atoms with Crippen molar-refractivity contribution in [1.82, 2.24) is 0 Å². The molecule has 0 atom stereocenters. The first-order chi connectivity index (χ1) is 14.8. The summed E-state index contributed by atoms with van der Waals surface area (Å²) >= 11 is 0. The third-order valence-corrected chi connectivity index (χ3v) is 4.49. The van der Waals surface area contributed by atoms with E-state index in [2.05, 4.69) is 5.32 Å². The Morgan fingerprint density at radius 2 is 1.55 bits per heavy atom. The molecule has 0 aliphatic carbocycles. The number of hydrogen-bond acceptors (Lipinski definition) is 6. The van der Waals surface area contributed by atoms with E-state index < -0.39 is 17.8 Å². The molecule has 0 unspecified atom stereocenters. The number of primary amides is 1. The lowest BCUT2D eigenvalue weighted by Crippen LogP contribution is -2.21. The lowest BCUT2D eigenvalue weighted by molar-refractivity contribution is 0.0521. The van der Waals surface area contributed by atoms with Crippen LogP contribution in [0, 0.1) is 6.92 Å². The van der Waals surface area contributed by atoms with Crippen molar-refractivity contribution in [2.75, 3.05) is 11.9 Å². The number of carbonyl (C=O) groups excluding carboxylic acids is 4. The maximum absolute atomic E-state index is 13.0. The first-order valence-electron chi connectivity index (χ1n) is 9.45. The van der Waals surface area contributed by atoms with Gasteiger partial charge in [-0.15, -0.1) is 0 Å². The van der Waals surface area contributed by atoms with Crippen LogP contribution in [0.15, 0.2) is 59.0 Å². The summed E-state index contributed by atoms with van der Waals surface area (Å²) in [6, 6.07) is 14.7. The monoisotopic (exact) mass is 420 g/mol. The van der Waals surface area contributed by atoms with E-state index in [-0.39, 0.29) is 46.3 Å². The molecule has 0 saturated heterocycles. The molecule has 158 valence electrons. The van der Waals surface area contributed by atoms with E-state index in [9.17, 15) is 19.2 Å². The average molecular weight is 420 g/mol. The zero-order chi connectivity index (χ0) is 22.5.